The number of carbonyl (C=O) groups excluding carboxylic acids is 1. The van der Waals surface area contributed by atoms with Gasteiger partial charge in [0.05, 0.1) is 17.8 Å². The number of methoxy groups -OCH3 is 1. The maximum atomic E-state index is 11.7. The molecule has 0 bridgehead atoms. The molecule has 2 rings (SSSR count). The summed E-state index contributed by atoms with van der Waals surface area (Å²) in [6.07, 6.45) is 1.61. The van der Waals surface area contributed by atoms with Gasteiger partial charge in [-0.05, 0) is 51.4 Å². The molecule has 0 heterocycles. The summed E-state index contributed by atoms with van der Waals surface area (Å²) in [4.78, 5) is 13.2. The van der Waals surface area contributed by atoms with E-state index in [0.29, 0.717) is 27.6 Å². The lowest BCUT2D eigenvalue weighted by Gasteiger charge is -2.15. The molecule has 154 valence electrons. The second kappa shape index (κ2) is 11.4. The Morgan fingerprint density at radius 3 is 2.66 bits per heavy atom. The summed E-state index contributed by atoms with van der Waals surface area (Å²) in [5.41, 5.74) is 4.66. The van der Waals surface area contributed by atoms with Gasteiger partial charge in [0.1, 0.15) is 0 Å². The Morgan fingerprint density at radius 1 is 1.28 bits per heavy atom. The second-order valence-electron chi connectivity index (χ2n) is 6.15. The van der Waals surface area contributed by atoms with Gasteiger partial charge in [0.15, 0.2) is 23.2 Å². The molecule has 0 aliphatic rings. The van der Waals surface area contributed by atoms with Gasteiger partial charge in [0, 0.05) is 20.6 Å². The van der Waals surface area contributed by atoms with Gasteiger partial charge in [-0.25, -0.2) is 0 Å². The number of carbonyl (C=O) groups is 1. The third kappa shape index (κ3) is 7.35. The standard InChI is InChI=1S/C20H23BrN4O3S/c1-25(2)18(26)13-28-19-16(21)9-15(10-17(19)27-3)12-23-24-20(29)22-11-14-7-5-4-6-8-14/h4-10,12H,11,13H2,1-3H3,(H2,22,24,29). The van der Waals surface area contributed by atoms with Crippen LogP contribution < -0.4 is 20.2 Å². The van der Waals surface area contributed by atoms with Gasteiger partial charge in [-0.1, -0.05) is 30.3 Å². The van der Waals surface area contributed by atoms with E-state index >= 15 is 0 Å². The number of likely N-dealkylation sites (N-methyl/N-ethyl adjacent to an activating group) is 1. The maximum Gasteiger partial charge on any atom is 0.259 e. The molecule has 0 saturated heterocycles. The zero-order valence-electron chi connectivity index (χ0n) is 16.4. The molecule has 29 heavy (non-hydrogen) atoms. The number of hydrazone groups is 1. The second-order valence-corrected chi connectivity index (χ2v) is 7.41. The summed E-state index contributed by atoms with van der Waals surface area (Å²) < 4.78 is 11.6. The zero-order chi connectivity index (χ0) is 21.2. The van der Waals surface area contributed by atoms with Crippen LogP contribution in [-0.4, -0.2) is 49.9 Å². The van der Waals surface area contributed by atoms with E-state index in [0.717, 1.165) is 11.1 Å². The monoisotopic (exact) mass is 478 g/mol. The third-order valence-electron chi connectivity index (χ3n) is 3.77. The number of hydrogen-bond donors (Lipinski definition) is 2. The van der Waals surface area contributed by atoms with Crippen molar-refractivity contribution in [2.75, 3.05) is 27.8 Å². The van der Waals surface area contributed by atoms with Crippen molar-refractivity contribution in [2.45, 2.75) is 6.54 Å². The summed E-state index contributed by atoms with van der Waals surface area (Å²) in [6, 6.07) is 13.5. The van der Waals surface area contributed by atoms with Crippen LogP contribution >= 0.6 is 28.1 Å². The Balaban J connectivity index is 1.95. The molecule has 0 aromatic heterocycles. The van der Waals surface area contributed by atoms with Crippen LogP contribution in [0.3, 0.4) is 0 Å². The van der Waals surface area contributed by atoms with Crippen molar-refractivity contribution < 1.29 is 14.3 Å². The highest BCUT2D eigenvalue weighted by Crippen LogP contribution is 2.36. The Hall–Kier alpha value is -2.65. The van der Waals surface area contributed by atoms with Gasteiger partial charge in [0.2, 0.25) is 0 Å². The van der Waals surface area contributed by atoms with Gasteiger partial charge >= 0.3 is 0 Å². The zero-order valence-corrected chi connectivity index (χ0v) is 18.8. The molecule has 0 spiro atoms. The number of ether oxygens (including phenoxy) is 2. The first-order valence-corrected chi connectivity index (χ1v) is 9.92. The smallest absolute Gasteiger partial charge is 0.259 e. The predicted molar refractivity (Wildman–Crippen MR) is 121 cm³/mol. The topological polar surface area (TPSA) is 75.2 Å². The molecule has 2 aromatic rings. The van der Waals surface area contributed by atoms with Crippen molar-refractivity contribution in [3.05, 3.63) is 58.1 Å². The van der Waals surface area contributed by atoms with E-state index < -0.39 is 0 Å². The molecule has 0 aliphatic carbocycles. The van der Waals surface area contributed by atoms with Gasteiger partial charge in [0.25, 0.3) is 5.91 Å². The van der Waals surface area contributed by atoms with E-state index in [2.05, 4.69) is 31.8 Å². The van der Waals surface area contributed by atoms with Crippen molar-refractivity contribution >= 4 is 45.4 Å². The lowest BCUT2D eigenvalue weighted by molar-refractivity contribution is -0.130. The number of amides is 1. The van der Waals surface area contributed by atoms with Crippen molar-refractivity contribution in [3.8, 4) is 11.5 Å². The first-order valence-electron chi connectivity index (χ1n) is 8.72. The van der Waals surface area contributed by atoms with Crippen molar-refractivity contribution in [1.82, 2.24) is 15.6 Å². The maximum absolute atomic E-state index is 11.7. The first-order chi connectivity index (χ1) is 13.9. The number of benzene rings is 2. The molecule has 1 amide bonds. The number of halogens is 1. The van der Waals surface area contributed by atoms with Gasteiger partial charge in [-0.2, -0.15) is 5.10 Å². The molecule has 7 nitrogen and oxygen atoms in total. The van der Waals surface area contributed by atoms with E-state index in [4.69, 9.17) is 21.7 Å². The molecule has 0 atom stereocenters. The van der Waals surface area contributed by atoms with Crippen molar-refractivity contribution in [1.29, 1.82) is 0 Å². The number of hydrogen-bond acceptors (Lipinski definition) is 5. The fourth-order valence-electron chi connectivity index (χ4n) is 2.20. The quantitative estimate of drug-likeness (QED) is 0.345. The van der Waals surface area contributed by atoms with E-state index in [-0.39, 0.29) is 12.5 Å². The van der Waals surface area contributed by atoms with Crippen LogP contribution in [0.25, 0.3) is 0 Å². The van der Waals surface area contributed by atoms with Crippen molar-refractivity contribution in [2.24, 2.45) is 5.10 Å². The van der Waals surface area contributed by atoms with Crippen LogP contribution in [0.15, 0.2) is 52.0 Å². The van der Waals surface area contributed by atoms with E-state index in [1.165, 1.54) is 12.0 Å². The molecule has 2 aromatic carbocycles. The van der Waals surface area contributed by atoms with Crippen LogP contribution in [0.5, 0.6) is 11.5 Å². The minimum absolute atomic E-state index is 0.0850. The van der Waals surface area contributed by atoms with E-state index in [1.54, 1.807) is 26.4 Å². The van der Waals surface area contributed by atoms with Gasteiger partial charge < -0.3 is 19.7 Å². The summed E-state index contributed by atoms with van der Waals surface area (Å²) in [5.74, 6) is 0.787. The summed E-state index contributed by atoms with van der Waals surface area (Å²) in [7, 11) is 4.87. The predicted octanol–water partition coefficient (Wildman–Crippen LogP) is 2.92. The van der Waals surface area contributed by atoms with E-state index in [9.17, 15) is 4.79 Å². The van der Waals surface area contributed by atoms with Crippen molar-refractivity contribution in [3.63, 3.8) is 0 Å². The Bertz CT molecular complexity index is 876. The summed E-state index contributed by atoms with van der Waals surface area (Å²) >= 11 is 8.67. The molecule has 0 fully saturated rings. The lowest BCUT2D eigenvalue weighted by atomic mass is 10.2. The highest BCUT2D eigenvalue weighted by atomic mass is 79.9. The van der Waals surface area contributed by atoms with Gasteiger partial charge in [-0.3, -0.25) is 10.2 Å². The fraction of sp³-hybridized carbons (Fsp3) is 0.250. The van der Waals surface area contributed by atoms with Crippen LogP contribution in [0, 0.1) is 0 Å². The fourth-order valence-corrected chi connectivity index (χ4v) is 2.90. The normalized spacial score (nSPS) is 10.5. The molecule has 0 radical (unpaired) electrons. The number of nitrogens with zero attached hydrogens (tertiary/aromatic N) is 2. The summed E-state index contributed by atoms with van der Waals surface area (Å²) in [5, 5.41) is 7.64. The average molecular weight is 479 g/mol. The molecule has 0 saturated carbocycles. The van der Waals surface area contributed by atoms with E-state index in [1.807, 2.05) is 36.4 Å². The Kier molecular flexibility index (Phi) is 8.88. The van der Waals surface area contributed by atoms with Crippen LogP contribution in [0.2, 0.25) is 0 Å². The first kappa shape index (κ1) is 22.6. The Labute approximate surface area is 184 Å². The van der Waals surface area contributed by atoms with Gasteiger partial charge in [-0.15, -0.1) is 0 Å². The highest BCUT2D eigenvalue weighted by molar-refractivity contribution is 9.10. The molecular formula is C20H23BrN4O3S. The molecule has 0 unspecified atom stereocenters. The lowest BCUT2D eigenvalue weighted by Crippen LogP contribution is -2.31. The molecule has 9 heteroatoms. The highest BCUT2D eigenvalue weighted by Gasteiger charge is 2.14. The third-order valence-corrected chi connectivity index (χ3v) is 4.59. The Morgan fingerprint density at radius 2 is 2.00 bits per heavy atom. The number of nitrogens with one attached hydrogen (secondary N) is 2. The largest absolute Gasteiger partial charge is 0.493 e. The SMILES string of the molecule is COc1cc(C=NNC(=S)NCc2ccccc2)cc(Br)c1OCC(=O)N(C)C. The average Bonchev–Trinajstić information content (AvgIpc) is 2.71. The molecule has 2 N–H and O–H groups in total. The molecular weight excluding hydrogens is 456 g/mol. The number of thiocarbonyl (C=S) groups is 1. The molecule has 0 aliphatic heterocycles. The summed E-state index contributed by atoms with van der Waals surface area (Å²) in [6.45, 7) is 0.525. The minimum atomic E-state index is -0.148. The van der Waals surface area contributed by atoms with Crippen LogP contribution in [0.4, 0.5) is 0 Å². The number of rotatable bonds is 8. The minimum Gasteiger partial charge on any atom is -0.493 e. The van der Waals surface area contributed by atoms with Crippen LogP contribution in [0.1, 0.15) is 11.1 Å². The van der Waals surface area contributed by atoms with Crippen LogP contribution in [-0.2, 0) is 11.3 Å².